The maximum absolute atomic E-state index is 12.1. The molecule has 3 rings (SSSR count). The molecule has 1 aliphatic heterocycles. The van der Waals surface area contributed by atoms with Crippen molar-refractivity contribution >= 4 is 38.9 Å². The number of halogens is 1. The van der Waals surface area contributed by atoms with Gasteiger partial charge < -0.3 is 5.73 Å². The molecular formula is C14H12ClNO2S2. The lowest BCUT2D eigenvalue weighted by Crippen LogP contribution is -2.01. The van der Waals surface area contributed by atoms with Gasteiger partial charge in [-0.15, -0.1) is 11.8 Å². The molecule has 20 heavy (non-hydrogen) atoms. The number of nitrogens with two attached hydrogens (primary N) is 1. The van der Waals surface area contributed by atoms with Crippen molar-refractivity contribution in [3.05, 3.63) is 53.1 Å². The molecule has 6 heteroatoms. The van der Waals surface area contributed by atoms with Crippen LogP contribution in [-0.4, -0.2) is 14.2 Å². The number of hydrogen-bond donors (Lipinski definition) is 1. The van der Waals surface area contributed by atoms with Crippen molar-refractivity contribution in [2.24, 2.45) is 0 Å². The highest BCUT2D eigenvalue weighted by atomic mass is 35.5. The zero-order chi connectivity index (χ0) is 14.3. The summed E-state index contributed by atoms with van der Waals surface area (Å²) < 4.78 is 24.3. The molecule has 1 heterocycles. The van der Waals surface area contributed by atoms with Crippen LogP contribution in [0.1, 0.15) is 10.8 Å². The number of thioether (sulfide) groups is 1. The summed E-state index contributed by atoms with van der Waals surface area (Å²) in [7, 11) is -3.18. The SMILES string of the molecule is Nc1cc(Cl)ccc1SC1CS(=O)(=O)c2ccccc21. The maximum Gasteiger partial charge on any atom is 0.180 e. The van der Waals surface area contributed by atoms with E-state index in [0.29, 0.717) is 15.6 Å². The first kappa shape index (κ1) is 13.8. The zero-order valence-electron chi connectivity index (χ0n) is 10.4. The number of rotatable bonds is 2. The first-order valence-corrected chi connectivity index (χ1v) is 8.92. The second kappa shape index (κ2) is 4.98. The minimum absolute atomic E-state index is 0.110. The second-order valence-corrected chi connectivity index (χ2v) is 8.29. The minimum Gasteiger partial charge on any atom is -0.398 e. The average Bonchev–Trinajstić information content (AvgIpc) is 2.65. The predicted molar refractivity (Wildman–Crippen MR) is 83.0 cm³/mol. The summed E-state index contributed by atoms with van der Waals surface area (Å²) in [6.07, 6.45) is 0. The number of nitrogen functional groups attached to an aromatic ring is 1. The summed E-state index contributed by atoms with van der Waals surface area (Å²) in [5.41, 5.74) is 7.36. The van der Waals surface area contributed by atoms with Crippen LogP contribution < -0.4 is 5.73 Å². The molecular weight excluding hydrogens is 314 g/mol. The standard InChI is InChI=1S/C14H12ClNO2S2/c15-9-5-6-12(11(16)7-9)19-13-8-20(17,18)14-4-2-1-3-10(13)14/h1-7,13H,8,16H2. The van der Waals surface area contributed by atoms with Gasteiger partial charge in [-0.1, -0.05) is 29.8 Å². The molecule has 0 fully saturated rings. The largest absolute Gasteiger partial charge is 0.398 e. The molecule has 0 saturated carbocycles. The average molecular weight is 326 g/mol. The van der Waals surface area contributed by atoms with E-state index in [9.17, 15) is 8.42 Å². The van der Waals surface area contributed by atoms with E-state index < -0.39 is 9.84 Å². The smallest absolute Gasteiger partial charge is 0.180 e. The van der Waals surface area contributed by atoms with Crippen LogP contribution in [0.15, 0.2) is 52.3 Å². The summed E-state index contributed by atoms with van der Waals surface area (Å²) in [6.45, 7) is 0. The predicted octanol–water partition coefficient (Wildman–Crippen LogP) is 3.54. The topological polar surface area (TPSA) is 60.2 Å². The lowest BCUT2D eigenvalue weighted by molar-refractivity contribution is 0.600. The van der Waals surface area contributed by atoms with Crippen molar-refractivity contribution < 1.29 is 8.42 Å². The molecule has 2 aromatic rings. The Balaban J connectivity index is 1.97. The van der Waals surface area contributed by atoms with Gasteiger partial charge >= 0.3 is 0 Å². The number of anilines is 1. The fourth-order valence-electron chi connectivity index (χ4n) is 2.29. The van der Waals surface area contributed by atoms with Crippen LogP contribution in [0.5, 0.6) is 0 Å². The Bertz CT molecular complexity index is 774. The van der Waals surface area contributed by atoms with Crippen LogP contribution in [-0.2, 0) is 9.84 Å². The molecule has 1 unspecified atom stereocenters. The van der Waals surface area contributed by atoms with Gasteiger partial charge in [0.05, 0.1) is 15.9 Å². The van der Waals surface area contributed by atoms with Crippen molar-refractivity contribution in [3.8, 4) is 0 Å². The van der Waals surface area contributed by atoms with Gasteiger partial charge in [-0.3, -0.25) is 0 Å². The van der Waals surface area contributed by atoms with Crippen molar-refractivity contribution in [1.82, 2.24) is 0 Å². The lowest BCUT2D eigenvalue weighted by atomic mass is 10.2. The summed E-state index contributed by atoms with van der Waals surface area (Å²) in [5, 5.41) is 0.450. The number of fused-ring (bicyclic) bond motifs is 1. The van der Waals surface area contributed by atoms with E-state index in [1.54, 1.807) is 24.3 Å². The Labute approximate surface area is 127 Å². The monoisotopic (exact) mass is 325 g/mol. The molecule has 1 atom stereocenters. The third-order valence-corrected chi connectivity index (χ3v) is 6.80. The third kappa shape index (κ3) is 2.41. The van der Waals surface area contributed by atoms with Crippen molar-refractivity contribution in [2.45, 2.75) is 15.0 Å². The normalized spacial score (nSPS) is 19.8. The quantitative estimate of drug-likeness (QED) is 0.858. The molecule has 2 N–H and O–H groups in total. The molecule has 0 saturated heterocycles. The molecule has 0 aromatic heterocycles. The van der Waals surface area contributed by atoms with Crippen LogP contribution >= 0.6 is 23.4 Å². The van der Waals surface area contributed by atoms with Crippen molar-refractivity contribution in [2.75, 3.05) is 11.5 Å². The summed E-state index contributed by atoms with van der Waals surface area (Å²) in [5.74, 6) is 0.110. The Morgan fingerprint density at radius 1 is 1.20 bits per heavy atom. The van der Waals surface area contributed by atoms with Gasteiger partial charge in [0.25, 0.3) is 0 Å². The number of benzene rings is 2. The maximum atomic E-state index is 12.1. The zero-order valence-corrected chi connectivity index (χ0v) is 12.8. The Kier molecular flexibility index (Phi) is 3.44. The first-order chi connectivity index (χ1) is 9.47. The van der Waals surface area contributed by atoms with Gasteiger partial charge in [0.2, 0.25) is 0 Å². The number of sulfone groups is 1. The van der Waals surface area contributed by atoms with Gasteiger partial charge in [0.1, 0.15) is 0 Å². The molecule has 1 aliphatic rings. The van der Waals surface area contributed by atoms with E-state index in [4.69, 9.17) is 17.3 Å². The Morgan fingerprint density at radius 2 is 1.95 bits per heavy atom. The molecule has 0 bridgehead atoms. The van der Waals surface area contributed by atoms with Crippen LogP contribution in [0, 0.1) is 0 Å². The molecule has 3 nitrogen and oxygen atoms in total. The lowest BCUT2D eigenvalue weighted by Gasteiger charge is -2.11. The minimum atomic E-state index is -3.18. The van der Waals surface area contributed by atoms with E-state index in [0.717, 1.165) is 10.5 Å². The van der Waals surface area contributed by atoms with E-state index >= 15 is 0 Å². The summed E-state index contributed by atoms with van der Waals surface area (Å²) >= 11 is 7.34. The highest BCUT2D eigenvalue weighted by Gasteiger charge is 2.35. The summed E-state index contributed by atoms with van der Waals surface area (Å²) in [4.78, 5) is 1.29. The van der Waals surface area contributed by atoms with Gasteiger partial charge in [-0.2, -0.15) is 0 Å². The Hall–Kier alpha value is -1.17. The molecule has 2 aromatic carbocycles. The van der Waals surface area contributed by atoms with Gasteiger partial charge in [-0.05, 0) is 29.8 Å². The molecule has 0 radical (unpaired) electrons. The Morgan fingerprint density at radius 3 is 2.70 bits per heavy atom. The third-order valence-electron chi connectivity index (χ3n) is 3.21. The van der Waals surface area contributed by atoms with Crippen LogP contribution in [0.3, 0.4) is 0 Å². The molecule has 104 valence electrons. The molecule has 0 aliphatic carbocycles. The summed E-state index contributed by atoms with van der Waals surface area (Å²) in [6, 6.07) is 12.4. The van der Waals surface area contributed by atoms with Gasteiger partial charge in [0.15, 0.2) is 9.84 Å². The first-order valence-electron chi connectivity index (χ1n) is 6.01. The fraction of sp³-hybridized carbons (Fsp3) is 0.143. The second-order valence-electron chi connectivity index (χ2n) is 4.61. The van der Waals surface area contributed by atoms with E-state index in [-0.39, 0.29) is 11.0 Å². The van der Waals surface area contributed by atoms with E-state index in [1.807, 2.05) is 18.2 Å². The van der Waals surface area contributed by atoms with Crippen molar-refractivity contribution in [1.29, 1.82) is 0 Å². The van der Waals surface area contributed by atoms with E-state index in [1.165, 1.54) is 11.8 Å². The highest BCUT2D eigenvalue weighted by Crippen LogP contribution is 2.46. The van der Waals surface area contributed by atoms with Gasteiger partial charge in [0, 0.05) is 15.6 Å². The van der Waals surface area contributed by atoms with Crippen molar-refractivity contribution in [3.63, 3.8) is 0 Å². The van der Waals surface area contributed by atoms with Gasteiger partial charge in [-0.25, -0.2) is 8.42 Å². The van der Waals surface area contributed by atoms with E-state index in [2.05, 4.69) is 0 Å². The molecule has 0 amide bonds. The van der Waals surface area contributed by atoms with Crippen LogP contribution in [0.4, 0.5) is 5.69 Å². The fourth-order valence-corrected chi connectivity index (χ4v) is 5.94. The number of hydrogen-bond acceptors (Lipinski definition) is 4. The highest BCUT2D eigenvalue weighted by molar-refractivity contribution is 8.01. The van der Waals surface area contributed by atoms with Crippen LogP contribution in [0.25, 0.3) is 0 Å². The molecule has 0 spiro atoms. The van der Waals surface area contributed by atoms with Crippen LogP contribution in [0.2, 0.25) is 5.02 Å².